The van der Waals surface area contributed by atoms with E-state index in [4.69, 9.17) is 15.0 Å². The Morgan fingerprint density at radius 2 is 0.737 bits per heavy atom. The second-order valence-corrected chi connectivity index (χ2v) is 14.8. The number of fused-ring (bicyclic) bond motifs is 9. The summed E-state index contributed by atoms with van der Waals surface area (Å²) in [6.45, 7) is 0. The minimum Gasteiger partial charge on any atom is -0.278 e. The maximum absolute atomic E-state index is 5.41. The quantitative estimate of drug-likeness (QED) is 0.177. The molecule has 1 aliphatic rings. The van der Waals surface area contributed by atoms with Crippen LogP contribution in [0.3, 0.4) is 0 Å². The maximum Gasteiger partial charge on any atom is 0.240 e. The van der Waals surface area contributed by atoms with E-state index in [0.717, 1.165) is 49.2 Å². The Labute approximate surface area is 328 Å². The molecule has 266 valence electrons. The van der Waals surface area contributed by atoms with Gasteiger partial charge in [-0.15, -0.1) is 0 Å². The lowest BCUT2D eigenvalue weighted by molar-refractivity contribution is 0.768. The highest BCUT2D eigenvalue weighted by atomic mass is 15.3. The van der Waals surface area contributed by atoms with Crippen LogP contribution in [0.4, 0.5) is 0 Å². The highest BCUT2D eigenvalue weighted by Gasteiger charge is 2.46. The first-order valence-electron chi connectivity index (χ1n) is 19.4. The largest absolute Gasteiger partial charge is 0.278 e. The molecule has 11 aromatic rings. The van der Waals surface area contributed by atoms with Crippen LogP contribution < -0.4 is 0 Å². The van der Waals surface area contributed by atoms with E-state index >= 15 is 0 Å². The van der Waals surface area contributed by atoms with Crippen molar-refractivity contribution in [1.29, 1.82) is 0 Å². The molecular weight excluding hydrogens is 695 g/mol. The molecule has 0 saturated carbocycles. The van der Waals surface area contributed by atoms with Gasteiger partial charge in [0.15, 0.2) is 5.82 Å². The van der Waals surface area contributed by atoms with Crippen molar-refractivity contribution in [2.24, 2.45) is 0 Å². The fourth-order valence-corrected chi connectivity index (χ4v) is 9.54. The van der Waals surface area contributed by atoms with E-state index in [1.165, 1.54) is 33.4 Å². The summed E-state index contributed by atoms with van der Waals surface area (Å²) in [5, 5.41) is 4.61. The van der Waals surface area contributed by atoms with Crippen molar-refractivity contribution in [3.63, 3.8) is 0 Å². The van der Waals surface area contributed by atoms with Crippen LogP contribution in [0.5, 0.6) is 0 Å². The zero-order valence-electron chi connectivity index (χ0n) is 30.8. The predicted octanol–water partition coefficient (Wildman–Crippen LogP) is 12.1. The number of aromatic nitrogens is 5. The molecule has 0 saturated heterocycles. The number of hydrogen-bond donors (Lipinski definition) is 0. The van der Waals surface area contributed by atoms with Crippen LogP contribution in [0.1, 0.15) is 22.3 Å². The second-order valence-electron chi connectivity index (χ2n) is 14.8. The molecule has 0 radical (unpaired) electrons. The van der Waals surface area contributed by atoms with Crippen molar-refractivity contribution < 1.29 is 0 Å². The van der Waals surface area contributed by atoms with E-state index in [9.17, 15) is 0 Å². The monoisotopic (exact) mass is 727 g/mol. The van der Waals surface area contributed by atoms with Crippen LogP contribution in [-0.2, 0) is 5.41 Å². The first-order valence-corrected chi connectivity index (χ1v) is 19.4. The molecule has 5 heteroatoms. The molecule has 3 aromatic heterocycles. The van der Waals surface area contributed by atoms with E-state index in [2.05, 4.69) is 209 Å². The van der Waals surface area contributed by atoms with Crippen LogP contribution >= 0.6 is 0 Å². The van der Waals surface area contributed by atoms with Crippen LogP contribution in [0.15, 0.2) is 200 Å². The average Bonchev–Trinajstić information content (AvgIpc) is 3.91. The molecule has 0 spiro atoms. The molecule has 8 aromatic carbocycles. The van der Waals surface area contributed by atoms with Gasteiger partial charge in [-0.2, -0.15) is 15.0 Å². The maximum atomic E-state index is 5.41. The van der Waals surface area contributed by atoms with Crippen LogP contribution in [0, 0.1) is 0 Å². The normalized spacial score (nSPS) is 13.1. The van der Waals surface area contributed by atoms with Gasteiger partial charge in [0.25, 0.3) is 0 Å². The number of rotatable bonds is 5. The SMILES string of the molecule is c1ccc(C2(c3ccccc3)c3ccccc3-c3ccc(-c4nc(-n5c6ccccc6c6ccccc65)nc(-n5c6ccccc6c6ccccc65)n4)cc32)cc1. The first kappa shape index (κ1) is 31.7. The summed E-state index contributed by atoms with van der Waals surface area (Å²) in [4.78, 5) is 16.2. The van der Waals surface area contributed by atoms with Gasteiger partial charge in [-0.3, -0.25) is 9.13 Å². The highest BCUT2D eigenvalue weighted by Crippen LogP contribution is 2.56. The van der Waals surface area contributed by atoms with Gasteiger partial charge < -0.3 is 0 Å². The standard InChI is InChI=1S/C52H33N5/c1-3-17-35(18-4-1)52(36-19-5-2-6-20-36)43-26-12-7-21-37(43)38-32-31-34(33-44(38)52)49-53-50(56-45-27-13-8-22-39(45)40-23-9-14-28-46(40)56)55-51(54-49)57-47-29-15-10-24-41(47)42-25-11-16-30-48(42)57/h1-33H. The predicted molar refractivity (Wildman–Crippen MR) is 231 cm³/mol. The van der Waals surface area contributed by atoms with Crippen molar-refractivity contribution in [1.82, 2.24) is 24.1 Å². The van der Waals surface area contributed by atoms with Gasteiger partial charge in [-0.25, -0.2) is 0 Å². The average molecular weight is 728 g/mol. The molecule has 0 aliphatic heterocycles. The topological polar surface area (TPSA) is 48.5 Å². The second kappa shape index (κ2) is 12.2. The Bertz CT molecular complexity index is 3080. The van der Waals surface area contributed by atoms with Gasteiger partial charge in [-0.1, -0.05) is 170 Å². The number of benzene rings is 8. The van der Waals surface area contributed by atoms with Crippen molar-refractivity contribution in [3.05, 3.63) is 222 Å². The molecule has 0 unspecified atom stereocenters. The molecule has 5 nitrogen and oxygen atoms in total. The fourth-order valence-electron chi connectivity index (χ4n) is 9.54. The molecule has 0 fully saturated rings. The van der Waals surface area contributed by atoms with Gasteiger partial charge in [-0.05, 0) is 63.7 Å². The van der Waals surface area contributed by atoms with Gasteiger partial charge >= 0.3 is 0 Å². The smallest absolute Gasteiger partial charge is 0.240 e. The summed E-state index contributed by atoms with van der Waals surface area (Å²) in [7, 11) is 0. The third-order valence-electron chi connectivity index (χ3n) is 11.9. The summed E-state index contributed by atoms with van der Waals surface area (Å²) in [6, 6.07) is 71.4. The summed E-state index contributed by atoms with van der Waals surface area (Å²) in [6.07, 6.45) is 0. The molecule has 0 bridgehead atoms. The molecule has 0 amide bonds. The number of nitrogens with zero attached hydrogens (tertiary/aromatic N) is 5. The Hall–Kier alpha value is -7.63. The lowest BCUT2D eigenvalue weighted by atomic mass is 9.67. The summed E-state index contributed by atoms with van der Waals surface area (Å²) >= 11 is 0. The van der Waals surface area contributed by atoms with Gasteiger partial charge in [0.1, 0.15) is 0 Å². The third kappa shape index (κ3) is 4.48. The third-order valence-corrected chi connectivity index (χ3v) is 11.9. The van der Waals surface area contributed by atoms with Crippen LogP contribution in [-0.4, -0.2) is 24.1 Å². The molecule has 57 heavy (non-hydrogen) atoms. The van der Waals surface area contributed by atoms with E-state index < -0.39 is 5.41 Å². The minimum atomic E-state index is -0.553. The lowest BCUT2D eigenvalue weighted by Crippen LogP contribution is -2.28. The number of para-hydroxylation sites is 4. The summed E-state index contributed by atoms with van der Waals surface area (Å²) in [5.74, 6) is 1.73. The van der Waals surface area contributed by atoms with Crippen molar-refractivity contribution in [2.45, 2.75) is 5.41 Å². The molecule has 1 aliphatic carbocycles. The van der Waals surface area contributed by atoms with E-state index in [1.54, 1.807) is 0 Å². The van der Waals surface area contributed by atoms with Gasteiger partial charge in [0, 0.05) is 27.1 Å². The zero-order chi connectivity index (χ0) is 37.5. The van der Waals surface area contributed by atoms with Gasteiger partial charge in [0.05, 0.1) is 27.5 Å². The Morgan fingerprint density at radius 3 is 1.23 bits per heavy atom. The van der Waals surface area contributed by atoms with E-state index in [1.807, 2.05) is 0 Å². The lowest BCUT2D eigenvalue weighted by Gasteiger charge is -2.34. The first-order chi connectivity index (χ1) is 28.3. The molecule has 12 rings (SSSR count). The Balaban J connectivity index is 1.18. The highest BCUT2D eigenvalue weighted by molar-refractivity contribution is 6.10. The summed E-state index contributed by atoms with van der Waals surface area (Å²) in [5.41, 5.74) is 11.9. The summed E-state index contributed by atoms with van der Waals surface area (Å²) < 4.78 is 4.38. The van der Waals surface area contributed by atoms with E-state index in [0.29, 0.717) is 17.7 Å². The molecular formula is C52H33N5. The van der Waals surface area contributed by atoms with Gasteiger partial charge in [0.2, 0.25) is 11.9 Å². The van der Waals surface area contributed by atoms with Crippen LogP contribution in [0.25, 0.3) is 78.0 Å². The Kier molecular flexibility index (Phi) is 6.78. The fraction of sp³-hybridized carbons (Fsp3) is 0.0192. The number of hydrogen-bond acceptors (Lipinski definition) is 3. The van der Waals surface area contributed by atoms with Crippen molar-refractivity contribution in [3.8, 4) is 34.4 Å². The molecule has 0 atom stereocenters. The molecule has 0 N–H and O–H groups in total. The van der Waals surface area contributed by atoms with Crippen molar-refractivity contribution >= 4 is 43.6 Å². The molecule has 3 heterocycles. The zero-order valence-corrected chi connectivity index (χ0v) is 30.8. The van der Waals surface area contributed by atoms with Crippen LogP contribution in [0.2, 0.25) is 0 Å². The van der Waals surface area contributed by atoms with E-state index in [-0.39, 0.29) is 0 Å². The Morgan fingerprint density at radius 1 is 0.333 bits per heavy atom. The van der Waals surface area contributed by atoms with Crippen molar-refractivity contribution in [2.75, 3.05) is 0 Å². The minimum absolute atomic E-state index is 0.553.